The summed E-state index contributed by atoms with van der Waals surface area (Å²) in [5, 5.41) is 4.20. The minimum atomic E-state index is 0.278. The maximum absolute atomic E-state index is 5.55. The summed E-state index contributed by atoms with van der Waals surface area (Å²) >= 11 is 0. The van der Waals surface area contributed by atoms with Gasteiger partial charge < -0.3 is 18.7 Å². The average Bonchev–Trinajstić information content (AvgIpc) is 3.23. The second-order valence-corrected chi connectivity index (χ2v) is 6.01. The van der Waals surface area contributed by atoms with E-state index in [0.717, 1.165) is 48.7 Å². The predicted octanol–water partition coefficient (Wildman–Crippen LogP) is 3.35. The number of aryl methyl sites for hydroxylation is 1. The Morgan fingerprint density at radius 2 is 1.79 bits per heavy atom. The molecule has 3 rings (SSSR count). The van der Waals surface area contributed by atoms with E-state index in [1.54, 1.807) is 21.3 Å². The zero-order valence-corrected chi connectivity index (χ0v) is 14.7. The van der Waals surface area contributed by atoms with Crippen LogP contribution in [-0.4, -0.2) is 37.9 Å². The summed E-state index contributed by atoms with van der Waals surface area (Å²) < 4.78 is 21.6. The van der Waals surface area contributed by atoms with Gasteiger partial charge in [0.2, 0.25) is 0 Å². The van der Waals surface area contributed by atoms with Gasteiger partial charge in [-0.25, -0.2) is 0 Å². The molecule has 0 N–H and O–H groups in total. The van der Waals surface area contributed by atoms with E-state index in [0.29, 0.717) is 11.5 Å². The fourth-order valence-electron chi connectivity index (χ4n) is 3.33. The lowest BCUT2D eigenvalue weighted by Gasteiger charge is -2.24. The number of nitrogens with zero attached hydrogens (tertiary/aromatic N) is 2. The second-order valence-electron chi connectivity index (χ2n) is 6.01. The molecular formula is C18H24N2O4. The summed E-state index contributed by atoms with van der Waals surface area (Å²) in [4.78, 5) is 2.40. The third-order valence-electron chi connectivity index (χ3n) is 4.51. The van der Waals surface area contributed by atoms with Gasteiger partial charge >= 0.3 is 0 Å². The fourth-order valence-corrected chi connectivity index (χ4v) is 3.33. The summed E-state index contributed by atoms with van der Waals surface area (Å²) in [6.45, 7) is 3.71. The molecule has 1 aromatic carbocycles. The molecule has 2 aromatic rings. The SMILES string of the molecule is COc1cc(OC)c(OC)cc1CN1CCC[C@@H]1c1cc(C)on1. The summed E-state index contributed by atoms with van der Waals surface area (Å²) in [5.74, 6) is 3.03. The van der Waals surface area contributed by atoms with Crippen molar-refractivity contribution in [3.8, 4) is 17.2 Å². The molecule has 0 aliphatic carbocycles. The zero-order chi connectivity index (χ0) is 17.1. The Balaban J connectivity index is 1.86. The minimum absolute atomic E-state index is 0.278. The molecule has 1 aliphatic rings. The molecule has 1 fully saturated rings. The van der Waals surface area contributed by atoms with Gasteiger partial charge in [-0.15, -0.1) is 0 Å². The quantitative estimate of drug-likeness (QED) is 0.808. The Morgan fingerprint density at radius 1 is 1.08 bits per heavy atom. The normalized spacial score (nSPS) is 17.9. The van der Waals surface area contributed by atoms with Crippen molar-refractivity contribution < 1.29 is 18.7 Å². The van der Waals surface area contributed by atoms with Crippen molar-refractivity contribution in [2.75, 3.05) is 27.9 Å². The van der Waals surface area contributed by atoms with Gasteiger partial charge in [-0.3, -0.25) is 4.90 Å². The van der Waals surface area contributed by atoms with Crippen LogP contribution < -0.4 is 14.2 Å². The van der Waals surface area contributed by atoms with E-state index in [2.05, 4.69) is 10.1 Å². The van der Waals surface area contributed by atoms with E-state index in [4.69, 9.17) is 18.7 Å². The molecule has 24 heavy (non-hydrogen) atoms. The molecular weight excluding hydrogens is 308 g/mol. The topological polar surface area (TPSA) is 57.0 Å². The van der Waals surface area contributed by atoms with E-state index in [9.17, 15) is 0 Å². The number of hydrogen-bond acceptors (Lipinski definition) is 6. The molecule has 0 spiro atoms. The predicted molar refractivity (Wildman–Crippen MR) is 89.7 cm³/mol. The largest absolute Gasteiger partial charge is 0.496 e. The van der Waals surface area contributed by atoms with Crippen LogP contribution in [0.1, 0.15) is 35.9 Å². The molecule has 0 saturated carbocycles. The summed E-state index contributed by atoms with van der Waals surface area (Å²) in [7, 11) is 4.94. The van der Waals surface area contributed by atoms with Gasteiger partial charge in [-0.05, 0) is 32.4 Å². The Kier molecular flexibility index (Phi) is 4.94. The first-order valence-corrected chi connectivity index (χ1v) is 8.12. The number of aromatic nitrogens is 1. The molecule has 0 bridgehead atoms. The number of methoxy groups -OCH3 is 3. The Labute approximate surface area is 142 Å². The van der Waals surface area contributed by atoms with E-state index in [1.165, 1.54) is 0 Å². The number of likely N-dealkylation sites (tertiary alicyclic amines) is 1. The van der Waals surface area contributed by atoms with Crippen LogP contribution >= 0.6 is 0 Å². The lowest BCUT2D eigenvalue weighted by Crippen LogP contribution is -2.23. The van der Waals surface area contributed by atoms with Gasteiger partial charge in [0.25, 0.3) is 0 Å². The van der Waals surface area contributed by atoms with Crippen molar-refractivity contribution in [3.05, 3.63) is 35.2 Å². The Morgan fingerprint density at radius 3 is 2.42 bits per heavy atom. The van der Waals surface area contributed by atoms with Gasteiger partial charge in [0.1, 0.15) is 17.2 Å². The van der Waals surface area contributed by atoms with E-state index >= 15 is 0 Å². The van der Waals surface area contributed by atoms with Gasteiger partial charge in [0.05, 0.1) is 27.4 Å². The highest BCUT2D eigenvalue weighted by atomic mass is 16.5. The second kappa shape index (κ2) is 7.13. The van der Waals surface area contributed by atoms with E-state index in [-0.39, 0.29) is 6.04 Å². The van der Waals surface area contributed by atoms with Crippen LogP contribution in [0.5, 0.6) is 17.2 Å². The number of rotatable bonds is 6. The number of benzene rings is 1. The molecule has 0 unspecified atom stereocenters. The average molecular weight is 332 g/mol. The van der Waals surface area contributed by atoms with Crippen molar-refractivity contribution >= 4 is 0 Å². The molecule has 0 radical (unpaired) electrons. The Hall–Kier alpha value is -2.21. The fraction of sp³-hybridized carbons (Fsp3) is 0.500. The zero-order valence-electron chi connectivity index (χ0n) is 14.7. The first kappa shape index (κ1) is 16.6. The lowest BCUT2D eigenvalue weighted by molar-refractivity contribution is 0.232. The maximum atomic E-state index is 5.55. The maximum Gasteiger partial charge on any atom is 0.164 e. The van der Waals surface area contributed by atoms with Crippen molar-refractivity contribution in [1.82, 2.24) is 10.1 Å². The summed E-state index contributed by atoms with van der Waals surface area (Å²) in [6.07, 6.45) is 2.23. The summed E-state index contributed by atoms with van der Waals surface area (Å²) in [5.41, 5.74) is 2.08. The van der Waals surface area contributed by atoms with Crippen LogP contribution in [0.25, 0.3) is 0 Å². The van der Waals surface area contributed by atoms with Gasteiger partial charge in [0.15, 0.2) is 11.5 Å². The van der Waals surface area contributed by atoms with Crippen LogP contribution in [-0.2, 0) is 6.54 Å². The van der Waals surface area contributed by atoms with Gasteiger partial charge in [0, 0.05) is 24.2 Å². The minimum Gasteiger partial charge on any atom is -0.496 e. The molecule has 130 valence electrons. The number of hydrogen-bond donors (Lipinski definition) is 0. The first-order chi connectivity index (χ1) is 11.7. The lowest BCUT2D eigenvalue weighted by atomic mass is 10.1. The summed E-state index contributed by atoms with van der Waals surface area (Å²) in [6, 6.07) is 6.16. The van der Waals surface area contributed by atoms with Crippen molar-refractivity contribution in [1.29, 1.82) is 0 Å². The first-order valence-electron chi connectivity index (χ1n) is 8.12. The van der Waals surface area contributed by atoms with E-state index in [1.807, 2.05) is 25.1 Å². The van der Waals surface area contributed by atoms with Crippen molar-refractivity contribution in [3.63, 3.8) is 0 Å². The molecule has 0 amide bonds. The van der Waals surface area contributed by atoms with Crippen LogP contribution in [0.2, 0.25) is 0 Å². The molecule has 1 atom stereocenters. The van der Waals surface area contributed by atoms with Crippen molar-refractivity contribution in [2.24, 2.45) is 0 Å². The molecule has 1 aliphatic heterocycles. The third kappa shape index (κ3) is 3.19. The monoisotopic (exact) mass is 332 g/mol. The smallest absolute Gasteiger partial charge is 0.164 e. The van der Waals surface area contributed by atoms with Crippen LogP contribution in [0, 0.1) is 6.92 Å². The van der Waals surface area contributed by atoms with Crippen molar-refractivity contribution in [2.45, 2.75) is 32.4 Å². The van der Waals surface area contributed by atoms with Gasteiger partial charge in [-0.1, -0.05) is 5.16 Å². The van der Waals surface area contributed by atoms with E-state index < -0.39 is 0 Å². The molecule has 1 aromatic heterocycles. The standard InChI is InChI=1S/C18H24N2O4/c1-12-8-14(19-24-12)15-6-5-7-20(15)11-13-9-17(22-3)18(23-4)10-16(13)21-2/h8-10,15H,5-7,11H2,1-4H3/t15-/m1/s1. The van der Waals surface area contributed by atoms with Gasteiger partial charge in [-0.2, -0.15) is 0 Å². The molecule has 2 heterocycles. The van der Waals surface area contributed by atoms with Crippen LogP contribution in [0.3, 0.4) is 0 Å². The third-order valence-corrected chi connectivity index (χ3v) is 4.51. The molecule has 6 heteroatoms. The number of ether oxygens (including phenoxy) is 3. The Bertz CT molecular complexity index is 698. The highest BCUT2D eigenvalue weighted by Gasteiger charge is 2.29. The molecule has 6 nitrogen and oxygen atoms in total. The highest BCUT2D eigenvalue weighted by molar-refractivity contribution is 5.50. The highest BCUT2D eigenvalue weighted by Crippen LogP contribution is 2.38. The van der Waals surface area contributed by atoms with Crippen LogP contribution in [0.4, 0.5) is 0 Å². The van der Waals surface area contributed by atoms with Crippen LogP contribution in [0.15, 0.2) is 22.7 Å². The molecule has 1 saturated heterocycles.